The molecule has 0 heterocycles. The number of nitrogens with one attached hydrogen (secondary N) is 1. The summed E-state index contributed by atoms with van der Waals surface area (Å²) in [4.78, 5) is 0. The van der Waals surface area contributed by atoms with Crippen LogP contribution in [0.3, 0.4) is 0 Å². The summed E-state index contributed by atoms with van der Waals surface area (Å²) < 4.78 is 27.2. The van der Waals surface area contributed by atoms with Crippen molar-refractivity contribution in [2.24, 2.45) is 11.8 Å². The zero-order valence-electron chi connectivity index (χ0n) is 11.5. The third kappa shape index (κ3) is 3.12. The van der Waals surface area contributed by atoms with Crippen LogP contribution in [0.2, 0.25) is 0 Å². The van der Waals surface area contributed by atoms with Crippen LogP contribution >= 0.6 is 0 Å². The Bertz CT molecular complexity index is 446. The van der Waals surface area contributed by atoms with Crippen molar-refractivity contribution < 1.29 is 8.78 Å². The largest absolute Gasteiger partial charge is 0.271 e. The maximum absolute atomic E-state index is 13.6. The van der Waals surface area contributed by atoms with E-state index in [9.17, 15) is 8.78 Å². The lowest BCUT2D eigenvalue weighted by molar-refractivity contribution is -0.0584. The average Bonchev–Trinajstić information content (AvgIpc) is 2.34. The van der Waals surface area contributed by atoms with Crippen molar-refractivity contribution in [3.63, 3.8) is 0 Å². The predicted molar refractivity (Wildman–Crippen MR) is 72.9 cm³/mol. The fraction of sp³-hybridized carbons (Fsp3) is 0.600. The van der Waals surface area contributed by atoms with Gasteiger partial charge in [-0.25, -0.2) is 8.78 Å². The van der Waals surface area contributed by atoms with E-state index < -0.39 is 5.92 Å². The van der Waals surface area contributed by atoms with Gasteiger partial charge in [-0.3, -0.25) is 11.3 Å². The summed E-state index contributed by atoms with van der Waals surface area (Å²) in [6.45, 7) is 4.05. The predicted octanol–water partition coefficient (Wildman–Crippen LogP) is 3.63. The zero-order valence-corrected chi connectivity index (χ0v) is 11.5. The SMILES string of the molecule is Cc1cccc(C(NN)C2CCCC(F)(F)C2)c1C. The van der Waals surface area contributed by atoms with Gasteiger partial charge in [0.2, 0.25) is 5.92 Å². The highest BCUT2D eigenvalue weighted by atomic mass is 19.3. The van der Waals surface area contributed by atoms with Gasteiger partial charge in [-0.1, -0.05) is 18.2 Å². The normalized spacial score (nSPS) is 24.2. The van der Waals surface area contributed by atoms with Gasteiger partial charge in [0, 0.05) is 18.9 Å². The maximum Gasteiger partial charge on any atom is 0.248 e. The van der Waals surface area contributed by atoms with Crippen LogP contribution in [0, 0.1) is 19.8 Å². The van der Waals surface area contributed by atoms with Crippen molar-refractivity contribution >= 4 is 0 Å². The van der Waals surface area contributed by atoms with E-state index in [2.05, 4.69) is 5.43 Å². The molecule has 0 bridgehead atoms. The highest BCUT2D eigenvalue weighted by Crippen LogP contribution is 2.42. The molecule has 19 heavy (non-hydrogen) atoms. The Morgan fingerprint density at radius 2 is 2.11 bits per heavy atom. The topological polar surface area (TPSA) is 38.0 Å². The highest BCUT2D eigenvalue weighted by Gasteiger charge is 2.39. The van der Waals surface area contributed by atoms with E-state index in [-0.39, 0.29) is 24.8 Å². The molecule has 1 aliphatic carbocycles. The molecule has 2 nitrogen and oxygen atoms in total. The van der Waals surface area contributed by atoms with Crippen LogP contribution in [-0.2, 0) is 0 Å². The van der Waals surface area contributed by atoms with Crippen LogP contribution in [0.25, 0.3) is 0 Å². The Kier molecular flexibility index (Phi) is 4.21. The van der Waals surface area contributed by atoms with E-state index in [0.717, 1.165) is 17.5 Å². The van der Waals surface area contributed by atoms with E-state index in [0.29, 0.717) is 6.42 Å². The number of rotatable bonds is 3. The Morgan fingerprint density at radius 1 is 1.37 bits per heavy atom. The van der Waals surface area contributed by atoms with Gasteiger partial charge in [-0.05, 0) is 49.3 Å². The van der Waals surface area contributed by atoms with Crippen molar-refractivity contribution in [2.45, 2.75) is 51.5 Å². The molecule has 1 aromatic rings. The molecule has 3 N–H and O–H groups in total. The van der Waals surface area contributed by atoms with Crippen LogP contribution < -0.4 is 11.3 Å². The summed E-state index contributed by atoms with van der Waals surface area (Å²) in [5.74, 6) is 3.00. The summed E-state index contributed by atoms with van der Waals surface area (Å²) in [6, 6.07) is 5.79. The molecule has 2 atom stereocenters. The van der Waals surface area contributed by atoms with E-state index in [1.54, 1.807) is 0 Å². The Morgan fingerprint density at radius 3 is 2.74 bits per heavy atom. The Hall–Kier alpha value is -1.00. The molecule has 0 aliphatic heterocycles. The third-order valence-corrected chi connectivity index (χ3v) is 4.31. The van der Waals surface area contributed by atoms with Gasteiger partial charge >= 0.3 is 0 Å². The van der Waals surface area contributed by atoms with Crippen LogP contribution in [0.5, 0.6) is 0 Å². The second kappa shape index (κ2) is 5.55. The number of aryl methyl sites for hydroxylation is 1. The molecule has 1 aliphatic rings. The van der Waals surface area contributed by atoms with Gasteiger partial charge in [0.15, 0.2) is 0 Å². The summed E-state index contributed by atoms with van der Waals surface area (Å²) in [7, 11) is 0. The van der Waals surface area contributed by atoms with Gasteiger partial charge in [0.25, 0.3) is 0 Å². The van der Waals surface area contributed by atoms with Gasteiger partial charge in [0.1, 0.15) is 0 Å². The van der Waals surface area contributed by atoms with Gasteiger partial charge in [-0.15, -0.1) is 0 Å². The van der Waals surface area contributed by atoms with Crippen molar-refractivity contribution in [3.05, 3.63) is 34.9 Å². The minimum Gasteiger partial charge on any atom is -0.271 e. The third-order valence-electron chi connectivity index (χ3n) is 4.31. The molecule has 1 fully saturated rings. The lowest BCUT2D eigenvalue weighted by Gasteiger charge is -2.35. The molecule has 0 amide bonds. The van der Waals surface area contributed by atoms with E-state index in [1.807, 2.05) is 32.0 Å². The molecule has 0 aromatic heterocycles. The van der Waals surface area contributed by atoms with E-state index in [1.165, 1.54) is 5.56 Å². The fourth-order valence-corrected chi connectivity index (χ4v) is 3.09. The monoisotopic (exact) mass is 268 g/mol. The first-order valence-electron chi connectivity index (χ1n) is 6.84. The molecule has 1 saturated carbocycles. The van der Waals surface area contributed by atoms with Crippen LogP contribution in [0.4, 0.5) is 8.78 Å². The van der Waals surface area contributed by atoms with Crippen molar-refractivity contribution in [3.8, 4) is 0 Å². The summed E-state index contributed by atoms with van der Waals surface area (Å²) in [5, 5.41) is 0. The number of alkyl halides is 2. The first-order chi connectivity index (χ1) is 8.94. The Labute approximate surface area is 113 Å². The molecular formula is C15H22F2N2. The average molecular weight is 268 g/mol. The van der Waals surface area contributed by atoms with Gasteiger partial charge in [0.05, 0.1) is 0 Å². The van der Waals surface area contributed by atoms with Crippen molar-refractivity contribution in [2.75, 3.05) is 0 Å². The first-order valence-corrected chi connectivity index (χ1v) is 6.84. The molecule has 0 spiro atoms. The number of hydrazine groups is 1. The van der Waals surface area contributed by atoms with E-state index in [4.69, 9.17) is 5.84 Å². The standard InChI is InChI=1S/C15H22F2N2/c1-10-5-3-7-13(11(10)2)14(19-18)12-6-4-8-15(16,17)9-12/h3,5,7,12,14,19H,4,6,8-9,18H2,1-2H3. The quantitative estimate of drug-likeness (QED) is 0.649. The summed E-state index contributed by atoms with van der Waals surface area (Å²) in [5.41, 5.74) is 6.11. The highest BCUT2D eigenvalue weighted by molar-refractivity contribution is 5.35. The number of nitrogens with two attached hydrogens (primary N) is 1. The lowest BCUT2D eigenvalue weighted by Crippen LogP contribution is -2.39. The Balaban J connectivity index is 2.27. The minimum atomic E-state index is -2.55. The zero-order chi connectivity index (χ0) is 14.0. The molecular weight excluding hydrogens is 246 g/mol. The summed E-state index contributed by atoms with van der Waals surface area (Å²) >= 11 is 0. The lowest BCUT2D eigenvalue weighted by atomic mass is 9.78. The fourth-order valence-electron chi connectivity index (χ4n) is 3.09. The van der Waals surface area contributed by atoms with Crippen molar-refractivity contribution in [1.82, 2.24) is 5.43 Å². The molecule has 4 heteroatoms. The molecule has 2 unspecified atom stereocenters. The van der Waals surface area contributed by atoms with Crippen LogP contribution in [0.1, 0.15) is 48.4 Å². The molecule has 1 aromatic carbocycles. The number of benzene rings is 1. The number of halogens is 2. The maximum atomic E-state index is 13.6. The smallest absolute Gasteiger partial charge is 0.248 e. The van der Waals surface area contributed by atoms with E-state index >= 15 is 0 Å². The second-order valence-corrected chi connectivity index (χ2v) is 5.65. The number of hydrogen-bond acceptors (Lipinski definition) is 2. The molecule has 2 rings (SSSR count). The summed E-state index contributed by atoms with van der Waals surface area (Å²) in [6.07, 6.45) is 1.31. The van der Waals surface area contributed by atoms with Crippen LogP contribution in [0.15, 0.2) is 18.2 Å². The second-order valence-electron chi connectivity index (χ2n) is 5.65. The van der Waals surface area contributed by atoms with Gasteiger partial charge in [-0.2, -0.15) is 0 Å². The molecule has 0 radical (unpaired) electrons. The molecule has 106 valence electrons. The first kappa shape index (κ1) is 14.4. The van der Waals surface area contributed by atoms with Gasteiger partial charge < -0.3 is 0 Å². The van der Waals surface area contributed by atoms with Crippen molar-refractivity contribution in [1.29, 1.82) is 0 Å². The minimum absolute atomic E-state index is 0.00753. The number of hydrogen-bond donors (Lipinski definition) is 2. The molecule has 0 saturated heterocycles. The van der Waals surface area contributed by atoms with Crippen LogP contribution in [-0.4, -0.2) is 5.92 Å².